The van der Waals surface area contributed by atoms with Gasteiger partial charge in [0.15, 0.2) is 5.69 Å². The molecule has 0 aliphatic rings. The summed E-state index contributed by atoms with van der Waals surface area (Å²) >= 11 is 1.68. The molecule has 166 valence electrons. The van der Waals surface area contributed by atoms with Crippen LogP contribution in [0.2, 0.25) is 0 Å². The van der Waals surface area contributed by atoms with Crippen molar-refractivity contribution < 1.29 is 19.1 Å². The SMILES string of the molecule is COC(=O)c1c(-c2cccc(-c3ccc(SC)cc3)c2)nn(-c2ccccc2)c1C(=O)OC. The maximum absolute atomic E-state index is 12.8. The van der Waals surface area contributed by atoms with E-state index >= 15 is 0 Å². The van der Waals surface area contributed by atoms with Gasteiger partial charge in [0.25, 0.3) is 0 Å². The van der Waals surface area contributed by atoms with Crippen LogP contribution in [-0.2, 0) is 9.47 Å². The van der Waals surface area contributed by atoms with Crippen LogP contribution in [-0.4, -0.2) is 42.2 Å². The molecule has 0 spiro atoms. The summed E-state index contributed by atoms with van der Waals surface area (Å²) in [5, 5.41) is 4.66. The fraction of sp³-hybridized carbons (Fsp3) is 0.115. The minimum atomic E-state index is -0.679. The molecule has 4 aromatic rings. The first-order chi connectivity index (χ1) is 16.1. The van der Waals surface area contributed by atoms with E-state index in [1.54, 1.807) is 23.9 Å². The van der Waals surface area contributed by atoms with Gasteiger partial charge in [-0.2, -0.15) is 5.10 Å². The van der Waals surface area contributed by atoms with Gasteiger partial charge in [-0.25, -0.2) is 14.3 Å². The molecule has 0 fully saturated rings. The molecule has 4 rings (SSSR count). The van der Waals surface area contributed by atoms with Gasteiger partial charge in [-0.1, -0.05) is 48.5 Å². The molecule has 6 nitrogen and oxygen atoms in total. The highest BCUT2D eigenvalue weighted by Gasteiger charge is 2.31. The largest absolute Gasteiger partial charge is 0.465 e. The van der Waals surface area contributed by atoms with Crippen molar-refractivity contribution >= 4 is 23.7 Å². The van der Waals surface area contributed by atoms with Crippen LogP contribution in [0.4, 0.5) is 0 Å². The van der Waals surface area contributed by atoms with E-state index in [2.05, 4.69) is 29.4 Å². The van der Waals surface area contributed by atoms with Gasteiger partial charge in [-0.3, -0.25) is 0 Å². The third kappa shape index (κ3) is 4.40. The number of esters is 2. The van der Waals surface area contributed by atoms with Crippen molar-refractivity contribution in [2.75, 3.05) is 20.5 Å². The topological polar surface area (TPSA) is 70.4 Å². The number of methoxy groups -OCH3 is 2. The molecule has 0 unspecified atom stereocenters. The zero-order chi connectivity index (χ0) is 23.4. The lowest BCUT2D eigenvalue weighted by Crippen LogP contribution is -2.15. The lowest BCUT2D eigenvalue weighted by atomic mass is 9.99. The van der Waals surface area contributed by atoms with Gasteiger partial charge < -0.3 is 9.47 Å². The summed E-state index contributed by atoms with van der Waals surface area (Å²) in [6, 6.07) is 25.0. The molecular weight excluding hydrogens is 436 g/mol. The Hall–Kier alpha value is -3.84. The smallest absolute Gasteiger partial charge is 0.357 e. The molecule has 0 aliphatic heterocycles. The predicted molar refractivity (Wildman–Crippen MR) is 129 cm³/mol. The summed E-state index contributed by atoms with van der Waals surface area (Å²) in [5.41, 5.74) is 3.71. The molecule has 33 heavy (non-hydrogen) atoms. The van der Waals surface area contributed by atoms with Crippen molar-refractivity contribution in [3.63, 3.8) is 0 Å². The molecule has 0 saturated carbocycles. The Bertz CT molecular complexity index is 1300. The fourth-order valence-corrected chi connectivity index (χ4v) is 3.99. The maximum Gasteiger partial charge on any atom is 0.357 e. The van der Waals surface area contributed by atoms with Crippen LogP contribution < -0.4 is 0 Å². The minimum absolute atomic E-state index is 0.0141. The Balaban J connectivity index is 1.93. The number of benzene rings is 3. The first-order valence-electron chi connectivity index (χ1n) is 10.2. The molecule has 0 radical (unpaired) electrons. The molecule has 0 saturated heterocycles. The number of nitrogens with zero attached hydrogens (tertiary/aromatic N) is 2. The Morgan fingerprint density at radius 2 is 1.45 bits per heavy atom. The lowest BCUT2D eigenvalue weighted by molar-refractivity contribution is 0.0549. The summed E-state index contributed by atoms with van der Waals surface area (Å²) in [4.78, 5) is 26.8. The van der Waals surface area contributed by atoms with Gasteiger partial charge in [-0.15, -0.1) is 11.8 Å². The summed E-state index contributed by atoms with van der Waals surface area (Å²) in [6.45, 7) is 0. The number of carbonyl (C=O) groups is 2. The van der Waals surface area contributed by atoms with E-state index in [0.29, 0.717) is 16.9 Å². The first kappa shape index (κ1) is 22.4. The molecule has 0 amide bonds. The highest BCUT2D eigenvalue weighted by molar-refractivity contribution is 7.98. The molecule has 3 aromatic carbocycles. The van der Waals surface area contributed by atoms with Gasteiger partial charge in [0.05, 0.1) is 19.9 Å². The van der Waals surface area contributed by atoms with E-state index in [9.17, 15) is 9.59 Å². The molecule has 0 aliphatic carbocycles. The predicted octanol–water partition coefficient (Wildman–Crippen LogP) is 5.50. The molecule has 1 heterocycles. The van der Waals surface area contributed by atoms with Gasteiger partial charge in [0, 0.05) is 10.5 Å². The zero-order valence-corrected chi connectivity index (χ0v) is 19.3. The summed E-state index contributed by atoms with van der Waals surface area (Å²) in [6.07, 6.45) is 2.03. The molecule has 7 heteroatoms. The molecule has 0 N–H and O–H groups in total. The molecular formula is C26H22N2O4S. The van der Waals surface area contributed by atoms with E-state index in [0.717, 1.165) is 11.1 Å². The van der Waals surface area contributed by atoms with E-state index in [4.69, 9.17) is 9.47 Å². The van der Waals surface area contributed by atoms with Crippen LogP contribution in [0.25, 0.3) is 28.1 Å². The fourth-order valence-electron chi connectivity index (χ4n) is 3.59. The highest BCUT2D eigenvalue weighted by atomic mass is 32.2. The second-order valence-corrected chi connectivity index (χ2v) is 7.99. The number of thioether (sulfide) groups is 1. The molecule has 0 atom stereocenters. The number of hydrogen-bond donors (Lipinski definition) is 0. The van der Waals surface area contributed by atoms with Crippen LogP contribution >= 0.6 is 11.8 Å². The number of carbonyl (C=O) groups excluding carboxylic acids is 2. The van der Waals surface area contributed by atoms with E-state index in [1.165, 1.54) is 23.8 Å². The van der Waals surface area contributed by atoms with Crippen LogP contribution in [0.3, 0.4) is 0 Å². The number of aromatic nitrogens is 2. The van der Waals surface area contributed by atoms with Gasteiger partial charge >= 0.3 is 11.9 Å². The zero-order valence-electron chi connectivity index (χ0n) is 18.4. The van der Waals surface area contributed by atoms with Crippen molar-refractivity contribution in [1.82, 2.24) is 9.78 Å². The van der Waals surface area contributed by atoms with Crippen LogP contribution in [0, 0.1) is 0 Å². The average Bonchev–Trinajstić information content (AvgIpc) is 3.29. The minimum Gasteiger partial charge on any atom is -0.465 e. The quantitative estimate of drug-likeness (QED) is 0.281. The van der Waals surface area contributed by atoms with E-state index < -0.39 is 11.9 Å². The first-order valence-corrected chi connectivity index (χ1v) is 11.4. The normalized spacial score (nSPS) is 10.6. The highest BCUT2D eigenvalue weighted by Crippen LogP contribution is 2.32. The standard InChI is InChI=1S/C26H22N2O4S/c1-31-25(29)22-23(27-28(24(22)26(30)32-2)20-10-5-4-6-11-20)19-9-7-8-18(16-19)17-12-14-21(33-3)15-13-17/h4-16H,1-3H3. The van der Waals surface area contributed by atoms with Gasteiger partial charge in [-0.05, 0) is 47.7 Å². The Kier molecular flexibility index (Phi) is 6.60. The van der Waals surface area contributed by atoms with E-state index in [1.807, 2.05) is 48.7 Å². The lowest BCUT2D eigenvalue weighted by Gasteiger charge is -2.07. The van der Waals surface area contributed by atoms with Crippen molar-refractivity contribution in [2.24, 2.45) is 0 Å². The van der Waals surface area contributed by atoms with Crippen molar-refractivity contribution in [1.29, 1.82) is 0 Å². The van der Waals surface area contributed by atoms with Gasteiger partial charge in [0.2, 0.25) is 0 Å². The average molecular weight is 459 g/mol. The third-order valence-electron chi connectivity index (χ3n) is 5.21. The number of rotatable bonds is 6. The maximum atomic E-state index is 12.8. The summed E-state index contributed by atoms with van der Waals surface area (Å²) < 4.78 is 11.4. The third-order valence-corrected chi connectivity index (χ3v) is 5.96. The van der Waals surface area contributed by atoms with Crippen LogP contribution in [0.15, 0.2) is 83.8 Å². The second-order valence-electron chi connectivity index (χ2n) is 7.11. The van der Waals surface area contributed by atoms with Crippen molar-refractivity contribution in [3.05, 3.63) is 90.1 Å². The molecule has 1 aromatic heterocycles. The van der Waals surface area contributed by atoms with Crippen molar-refractivity contribution in [3.8, 4) is 28.1 Å². The van der Waals surface area contributed by atoms with E-state index in [-0.39, 0.29) is 11.3 Å². The van der Waals surface area contributed by atoms with Gasteiger partial charge in [0.1, 0.15) is 11.3 Å². The Morgan fingerprint density at radius 3 is 2.09 bits per heavy atom. The number of hydrogen-bond acceptors (Lipinski definition) is 6. The monoisotopic (exact) mass is 458 g/mol. The summed E-state index contributed by atoms with van der Waals surface area (Å²) in [7, 11) is 2.54. The number of ether oxygens (including phenoxy) is 2. The number of para-hydroxylation sites is 1. The van der Waals surface area contributed by atoms with Crippen LogP contribution in [0.1, 0.15) is 20.8 Å². The van der Waals surface area contributed by atoms with Crippen LogP contribution in [0.5, 0.6) is 0 Å². The Morgan fingerprint density at radius 1 is 0.788 bits per heavy atom. The molecule has 0 bridgehead atoms. The summed E-state index contributed by atoms with van der Waals surface area (Å²) in [5.74, 6) is -1.34. The Labute approximate surface area is 196 Å². The van der Waals surface area contributed by atoms with Crippen molar-refractivity contribution in [2.45, 2.75) is 4.90 Å². The second kappa shape index (κ2) is 9.75.